The van der Waals surface area contributed by atoms with Crippen molar-refractivity contribution in [3.05, 3.63) is 63.1 Å². The number of halogens is 3. The molecule has 2 aromatic rings. The molecule has 0 saturated carbocycles. The number of benzene rings is 2. The van der Waals surface area contributed by atoms with E-state index in [1.807, 2.05) is 30.3 Å². The van der Waals surface area contributed by atoms with Crippen molar-refractivity contribution in [3.8, 4) is 0 Å². The van der Waals surface area contributed by atoms with Gasteiger partial charge in [0.2, 0.25) is 0 Å². The van der Waals surface area contributed by atoms with Crippen LogP contribution in [0.5, 0.6) is 0 Å². The molecule has 2 fully saturated rings. The minimum absolute atomic E-state index is 0.0417. The van der Waals surface area contributed by atoms with Crippen molar-refractivity contribution in [1.82, 2.24) is 10.2 Å². The second-order valence-corrected chi connectivity index (χ2v) is 8.28. The van der Waals surface area contributed by atoms with Gasteiger partial charge in [0.25, 0.3) is 0 Å². The summed E-state index contributed by atoms with van der Waals surface area (Å²) in [6.07, 6.45) is 3.52. The Hall–Kier alpha value is -1.62. The van der Waals surface area contributed by atoms with Crippen molar-refractivity contribution in [3.63, 3.8) is 0 Å². The van der Waals surface area contributed by atoms with Crippen LogP contribution in [0.2, 0.25) is 15.1 Å². The lowest BCUT2D eigenvalue weighted by Crippen LogP contribution is -2.33. The molecule has 0 aromatic heterocycles. The molecule has 2 heterocycles. The van der Waals surface area contributed by atoms with E-state index >= 15 is 0 Å². The van der Waals surface area contributed by atoms with Crippen LogP contribution in [0.1, 0.15) is 30.9 Å². The molecule has 1 N–H and O–H groups in total. The highest BCUT2D eigenvalue weighted by molar-refractivity contribution is 6.35. The molecule has 0 unspecified atom stereocenters. The summed E-state index contributed by atoms with van der Waals surface area (Å²) in [6, 6.07) is 14.1. The van der Waals surface area contributed by atoms with Gasteiger partial charge in [0.15, 0.2) is 0 Å². The quantitative estimate of drug-likeness (QED) is 0.620. The van der Waals surface area contributed by atoms with Crippen LogP contribution in [0, 0.1) is 0 Å². The third kappa shape index (κ3) is 5.25. The minimum atomic E-state index is 0.0417. The lowest BCUT2D eigenvalue weighted by Gasteiger charge is -2.38. The first-order valence-corrected chi connectivity index (χ1v) is 10.5. The molecule has 2 saturated heterocycles. The van der Waals surface area contributed by atoms with Crippen LogP contribution in [0.25, 0.3) is 0 Å². The second-order valence-electron chi connectivity index (χ2n) is 7.00. The molecule has 4 rings (SSSR count). The van der Waals surface area contributed by atoms with E-state index in [1.54, 1.807) is 11.9 Å². The lowest BCUT2D eigenvalue weighted by atomic mass is 9.94. The van der Waals surface area contributed by atoms with Gasteiger partial charge in [0, 0.05) is 47.4 Å². The fourth-order valence-corrected chi connectivity index (χ4v) is 4.20. The molecular weight excluding hydrogens is 417 g/mol. The molecule has 2 aliphatic heterocycles. The monoisotopic (exact) mass is 439 g/mol. The highest BCUT2D eigenvalue weighted by Crippen LogP contribution is 2.38. The Morgan fingerprint density at radius 1 is 0.964 bits per heavy atom. The van der Waals surface area contributed by atoms with E-state index in [0.717, 1.165) is 41.7 Å². The molecule has 0 aliphatic carbocycles. The summed E-state index contributed by atoms with van der Waals surface area (Å²) in [5, 5.41) is 4.84. The van der Waals surface area contributed by atoms with Crippen molar-refractivity contribution in [1.29, 1.82) is 0 Å². The van der Waals surface area contributed by atoms with Crippen LogP contribution in [0.15, 0.2) is 42.5 Å². The van der Waals surface area contributed by atoms with Gasteiger partial charge >= 0.3 is 6.03 Å². The van der Waals surface area contributed by atoms with Gasteiger partial charge in [-0.15, -0.1) is 0 Å². The normalized spacial score (nSPS) is 19.1. The van der Waals surface area contributed by atoms with Crippen LogP contribution in [0.4, 0.5) is 10.5 Å². The third-order valence-corrected chi connectivity index (χ3v) is 5.87. The van der Waals surface area contributed by atoms with E-state index in [9.17, 15) is 4.79 Å². The zero-order chi connectivity index (χ0) is 20.1. The number of rotatable bonds is 2. The number of urea groups is 1. The molecule has 2 amide bonds. The fourth-order valence-electron chi connectivity index (χ4n) is 3.54. The molecule has 0 bridgehead atoms. The van der Waals surface area contributed by atoms with Crippen LogP contribution in [0.3, 0.4) is 0 Å². The highest BCUT2D eigenvalue weighted by atomic mass is 35.5. The molecule has 7 heteroatoms. The van der Waals surface area contributed by atoms with Gasteiger partial charge in [0.1, 0.15) is 0 Å². The van der Waals surface area contributed by atoms with E-state index in [4.69, 9.17) is 34.8 Å². The molecule has 150 valence electrons. The number of hydrogen-bond donors (Lipinski definition) is 1. The summed E-state index contributed by atoms with van der Waals surface area (Å²) >= 11 is 18.4. The van der Waals surface area contributed by atoms with Crippen molar-refractivity contribution in [2.75, 3.05) is 31.6 Å². The van der Waals surface area contributed by atoms with Gasteiger partial charge in [-0.3, -0.25) is 0 Å². The molecule has 0 spiro atoms. The Bertz CT molecular complexity index is 813. The maximum atomic E-state index is 10.4. The Labute approximate surface area is 181 Å². The zero-order valence-electron chi connectivity index (χ0n) is 15.8. The first kappa shape index (κ1) is 21.1. The number of likely N-dealkylation sites (N-methyl/N-ethyl adjacent to an activating group) is 1. The molecule has 28 heavy (non-hydrogen) atoms. The lowest BCUT2D eigenvalue weighted by molar-refractivity contribution is 0.226. The molecule has 2 aromatic carbocycles. The first-order valence-electron chi connectivity index (χ1n) is 9.42. The standard InChI is InChI=1S/C17H16Cl3N.C4H8N2O/c18-12-4-7-14(8-5-12)21-10-2-1-3-17(21)15-9-6-13(19)11-16(15)20;1-6-3-2-5-4(6)7/h4-9,11,17H,1-3,10H2;2-3H2,1H3,(H,5,7)/t17-;/m0./s1. The third-order valence-electron chi connectivity index (χ3n) is 5.05. The Morgan fingerprint density at radius 2 is 1.68 bits per heavy atom. The van der Waals surface area contributed by atoms with Gasteiger partial charge in [-0.2, -0.15) is 0 Å². The van der Waals surface area contributed by atoms with Crippen molar-refractivity contribution in [2.24, 2.45) is 0 Å². The number of anilines is 1. The van der Waals surface area contributed by atoms with Gasteiger partial charge in [0.05, 0.1) is 6.04 Å². The van der Waals surface area contributed by atoms with Crippen molar-refractivity contribution in [2.45, 2.75) is 25.3 Å². The van der Waals surface area contributed by atoms with E-state index in [2.05, 4.69) is 22.3 Å². The molecule has 4 nitrogen and oxygen atoms in total. The SMILES string of the molecule is CN1CCNC1=O.Clc1ccc(N2CCCC[C@H]2c2ccc(Cl)cc2Cl)cc1. The number of carbonyl (C=O) groups is 1. The number of nitrogens with one attached hydrogen (secondary N) is 1. The van der Waals surface area contributed by atoms with Gasteiger partial charge in [-0.1, -0.05) is 40.9 Å². The molecule has 0 radical (unpaired) electrons. The summed E-state index contributed by atoms with van der Waals surface area (Å²) in [4.78, 5) is 14.5. The number of hydrogen-bond acceptors (Lipinski definition) is 2. The van der Waals surface area contributed by atoms with Crippen LogP contribution >= 0.6 is 34.8 Å². The maximum absolute atomic E-state index is 10.4. The summed E-state index contributed by atoms with van der Waals surface area (Å²) in [6.45, 7) is 2.68. The van der Waals surface area contributed by atoms with E-state index in [0.29, 0.717) is 11.1 Å². The number of amides is 2. The van der Waals surface area contributed by atoms with Crippen molar-refractivity contribution >= 4 is 46.5 Å². The summed E-state index contributed by atoms with van der Waals surface area (Å²) in [7, 11) is 1.78. The van der Waals surface area contributed by atoms with Crippen LogP contribution in [-0.4, -0.2) is 37.6 Å². The van der Waals surface area contributed by atoms with Gasteiger partial charge in [-0.25, -0.2) is 4.79 Å². The highest BCUT2D eigenvalue weighted by Gasteiger charge is 2.26. The van der Waals surface area contributed by atoms with Crippen molar-refractivity contribution < 1.29 is 4.79 Å². The molecular formula is C21H24Cl3N3O. The Morgan fingerprint density at radius 3 is 2.25 bits per heavy atom. The van der Waals surface area contributed by atoms with Gasteiger partial charge < -0.3 is 15.1 Å². The minimum Gasteiger partial charge on any atom is -0.364 e. The second kappa shape index (κ2) is 9.73. The Balaban J connectivity index is 0.000000271. The van der Waals surface area contributed by atoms with Gasteiger partial charge in [-0.05, 0) is 61.2 Å². The summed E-state index contributed by atoms with van der Waals surface area (Å²) in [5.41, 5.74) is 2.34. The fraction of sp³-hybridized carbons (Fsp3) is 0.381. The number of carbonyl (C=O) groups excluding carboxylic acids is 1. The number of nitrogens with zero attached hydrogens (tertiary/aromatic N) is 2. The van der Waals surface area contributed by atoms with Crippen LogP contribution in [-0.2, 0) is 0 Å². The van der Waals surface area contributed by atoms with E-state index in [1.165, 1.54) is 18.5 Å². The smallest absolute Gasteiger partial charge is 0.317 e. The average Bonchev–Trinajstić information content (AvgIpc) is 3.06. The van der Waals surface area contributed by atoms with Crippen LogP contribution < -0.4 is 10.2 Å². The van der Waals surface area contributed by atoms with E-state index in [-0.39, 0.29) is 6.03 Å². The predicted octanol–water partition coefficient (Wildman–Crippen LogP) is 6.02. The maximum Gasteiger partial charge on any atom is 0.317 e. The van der Waals surface area contributed by atoms with E-state index < -0.39 is 0 Å². The molecule has 2 aliphatic rings. The topological polar surface area (TPSA) is 35.6 Å². The average molecular weight is 441 g/mol. The predicted molar refractivity (Wildman–Crippen MR) is 118 cm³/mol. The summed E-state index contributed by atoms with van der Waals surface area (Å²) in [5.74, 6) is 0. The Kier molecular flexibility index (Phi) is 7.33. The zero-order valence-corrected chi connectivity index (χ0v) is 18.1. The number of piperidine rings is 1. The first-order chi connectivity index (χ1) is 13.5. The summed E-state index contributed by atoms with van der Waals surface area (Å²) < 4.78 is 0. The largest absolute Gasteiger partial charge is 0.364 e. The molecule has 1 atom stereocenters.